The van der Waals surface area contributed by atoms with Crippen LogP contribution in [0, 0.1) is 5.92 Å². The summed E-state index contributed by atoms with van der Waals surface area (Å²) in [5.41, 5.74) is 2.52. The first-order chi connectivity index (χ1) is 9.54. The fourth-order valence-corrected chi connectivity index (χ4v) is 2.81. The molecule has 108 valence electrons. The lowest BCUT2D eigenvalue weighted by Crippen LogP contribution is -2.19. The lowest BCUT2D eigenvalue weighted by Gasteiger charge is -2.10. The monoisotopic (exact) mass is 399 g/mol. The van der Waals surface area contributed by atoms with Crippen LogP contribution < -0.4 is 5.32 Å². The van der Waals surface area contributed by atoms with Crippen LogP contribution in [0.25, 0.3) is 0 Å². The minimum absolute atomic E-state index is 0.677. The topological polar surface area (TPSA) is 29.9 Å². The van der Waals surface area contributed by atoms with E-state index >= 15 is 0 Å². The van der Waals surface area contributed by atoms with Crippen molar-refractivity contribution in [2.45, 2.75) is 26.9 Å². The predicted octanol–water partition coefficient (Wildman–Crippen LogP) is 4.20. The highest BCUT2D eigenvalue weighted by atomic mass is 79.9. The van der Waals surface area contributed by atoms with E-state index in [9.17, 15) is 0 Å². The number of nitrogens with zero attached hydrogens (tertiary/aromatic N) is 2. The van der Waals surface area contributed by atoms with E-state index in [0.29, 0.717) is 5.92 Å². The molecular weight excluding hydrogens is 382 g/mol. The summed E-state index contributed by atoms with van der Waals surface area (Å²) < 4.78 is 4.05. The number of rotatable bonds is 6. The fourth-order valence-electron chi connectivity index (χ4n) is 1.93. The van der Waals surface area contributed by atoms with Gasteiger partial charge in [0, 0.05) is 17.2 Å². The molecule has 0 spiro atoms. The minimum Gasteiger partial charge on any atom is -0.312 e. The molecule has 0 saturated heterocycles. The minimum atomic E-state index is 0.677. The van der Waals surface area contributed by atoms with E-state index in [-0.39, 0.29) is 0 Å². The van der Waals surface area contributed by atoms with Crippen LogP contribution in [0.15, 0.2) is 39.5 Å². The number of nitrogens with one attached hydrogen (secondary N) is 1. The summed E-state index contributed by atoms with van der Waals surface area (Å²) in [6, 6.07) is 6.51. The second-order valence-corrected chi connectivity index (χ2v) is 7.08. The van der Waals surface area contributed by atoms with Crippen LogP contribution >= 0.6 is 31.9 Å². The molecule has 0 aliphatic heterocycles. The van der Waals surface area contributed by atoms with Gasteiger partial charge in [0.15, 0.2) is 0 Å². The zero-order chi connectivity index (χ0) is 14.5. The second kappa shape index (κ2) is 7.38. The Balaban J connectivity index is 1.98. The van der Waals surface area contributed by atoms with Gasteiger partial charge in [-0.25, -0.2) is 0 Å². The van der Waals surface area contributed by atoms with Gasteiger partial charge in [0.1, 0.15) is 0 Å². The Bertz CT molecular complexity index is 564. The van der Waals surface area contributed by atoms with Gasteiger partial charge in [-0.15, -0.1) is 0 Å². The highest BCUT2D eigenvalue weighted by molar-refractivity contribution is 9.10. The van der Waals surface area contributed by atoms with Gasteiger partial charge in [0.2, 0.25) is 0 Å². The van der Waals surface area contributed by atoms with E-state index in [1.165, 1.54) is 11.1 Å². The first-order valence-electron chi connectivity index (χ1n) is 6.70. The third-order valence-electron chi connectivity index (χ3n) is 2.93. The Morgan fingerprint density at radius 1 is 1.30 bits per heavy atom. The summed E-state index contributed by atoms with van der Waals surface area (Å²) >= 11 is 7.06. The van der Waals surface area contributed by atoms with Gasteiger partial charge in [-0.2, -0.15) is 5.10 Å². The van der Waals surface area contributed by atoms with Crippen molar-refractivity contribution in [2.24, 2.45) is 5.92 Å². The molecule has 0 unspecified atom stereocenters. The molecule has 20 heavy (non-hydrogen) atoms. The van der Waals surface area contributed by atoms with Crippen molar-refractivity contribution in [3.63, 3.8) is 0 Å². The summed E-state index contributed by atoms with van der Waals surface area (Å²) in [6.45, 7) is 7.15. The molecule has 0 bridgehead atoms. The maximum absolute atomic E-state index is 4.28. The third-order valence-corrected chi connectivity index (χ3v) is 4.08. The maximum Gasteiger partial charge on any atom is 0.0670 e. The van der Waals surface area contributed by atoms with Crippen LogP contribution in [0.2, 0.25) is 0 Å². The lowest BCUT2D eigenvalue weighted by atomic mass is 10.1. The van der Waals surface area contributed by atoms with Gasteiger partial charge in [-0.3, -0.25) is 4.68 Å². The van der Waals surface area contributed by atoms with Crippen LogP contribution in [-0.2, 0) is 13.1 Å². The molecule has 0 fully saturated rings. The smallest absolute Gasteiger partial charge is 0.0670 e. The summed E-state index contributed by atoms with van der Waals surface area (Å²) in [4.78, 5) is 0. The van der Waals surface area contributed by atoms with E-state index < -0.39 is 0 Å². The van der Waals surface area contributed by atoms with Gasteiger partial charge in [-0.1, -0.05) is 41.9 Å². The molecule has 5 heteroatoms. The molecule has 1 heterocycles. The zero-order valence-corrected chi connectivity index (χ0v) is 14.9. The Hall–Kier alpha value is -0.650. The molecule has 0 aliphatic carbocycles. The average Bonchev–Trinajstić information content (AvgIpc) is 2.78. The molecule has 0 saturated carbocycles. The van der Waals surface area contributed by atoms with E-state index in [2.05, 4.69) is 74.3 Å². The Kier molecular flexibility index (Phi) is 5.81. The van der Waals surface area contributed by atoms with Crippen molar-refractivity contribution in [3.05, 3.63) is 50.7 Å². The molecule has 0 atom stereocenters. The molecule has 3 nitrogen and oxygen atoms in total. The normalized spacial score (nSPS) is 11.2. The Labute approximate surface area is 137 Å². The molecule has 1 aromatic heterocycles. The SMILES string of the molecule is CC(C)CNCc1ccc(Cn2cc(Br)cn2)c(Br)c1. The van der Waals surface area contributed by atoms with Gasteiger partial charge >= 0.3 is 0 Å². The van der Waals surface area contributed by atoms with Gasteiger partial charge < -0.3 is 5.32 Å². The molecule has 1 aromatic carbocycles. The molecule has 1 N–H and O–H groups in total. The lowest BCUT2D eigenvalue weighted by molar-refractivity contribution is 0.552. The van der Waals surface area contributed by atoms with Crippen molar-refractivity contribution in [3.8, 4) is 0 Å². The maximum atomic E-state index is 4.28. The molecule has 0 aliphatic rings. The van der Waals surface area contributed by atoms with Gasteiger partial charge in [-0.05, 0) is 45.6 Å². The van der Waals surface area contributed by atoms with E-state index in [0.717, 1.165) is 28.6 Å². The molecular formula is C15H19Br2N3. The summed E-state index contributed by atoms with van der Waals surface area (Å²) in [6.07, 6.45) is 3.78. The number of benzene rings is 1. The van der Waals surface area contributed by atoms with Crippen LogP contribution in [0.5, 0.6) is 0 Å². The summed E-state index contributed by atoms with van der Waals surface area (Å²) in [5.74, 6) is 0.677. The van der Waals surface area contributed by atoms with Crippen molar-refractivity contribution in [2.75, 3.05) is 6.54 Å². The van der Waals surface area contributed by atoms with Crippen molar-refractivity contribution < 1.29 is 0 Å². The van der Waals surface area contributed by atoms with Crippen LogP contribution in [0.4, 0.5) is 0 Å². The Morgan fingerprint density at radius 3 is 2.70 bits per heavy atom. The molecule has 2 aromatic rings. The largest absolute Gasteiger partial charge is 0.312 e. The highest BCUT2D eigenvalue weighted by Gasteiger charge is 2.04. The quantitative estimate of drug-likeness (QED) is 0.787. The van der Waals surface area contributed by atoms with Crippen LogP contribution in [0.1, 0.15) is 25.0 Å². The predicted molar refractivity (Wildman–Crippen MR) is 89.7 cm³/mol. The van der Waals surface area contributed by atoms with Crippen LogP contribution in [-0.4, -0.2) is 16.3 Å². The first-order valence-corrected chi connectivity index (χ1v) is 8.29. The Morgan fingerprint density at radius 2 is 2.10 bits per heavy atom. The average molecular weight is 401 g/mol. The number of aromatic nitrogens is 2. The summed E-state index contributed by atoms with van der Waals surface area (Å²) in [5, 5.41) is 7.74. The third kappa shape index (κ3) is 4.72. The molecule has 0 amide bonds. The highest BCUT2D eigenvalue weighted by Crippen LogP contribution is 2.20. The standard InChI is InChI=1S/C15H19Br2N3/c1-11(2)6-18-7-12-3-4-13(15(17)5-12)9-20-10-14(16)8-19-20/h3-5,8,10-11,18H,6-7,9H2,1-2H3. The number of hydrogen-bond donors (Lipinski definition) is 1. The van der Waals surface area contributed by atoms with Crippen molar-refractivity contribution >= 4 is 31.9 Å². The first kappa shape index (κ1) is 15.7. The number of halogens is 2. The number of hydrogen-bond acceptors (Lipinski definition) is 2. The molecule has 2 rings (SSSR count). The summed E-state index contributed by atoms with van der Waals surface area (Å²) in [7, 11) is 0. The van der Waals surface area contributed by atoms with Crippen molar-refractivity contribution in [1.82, 2.24) is 15.1 Å². The van der Waals surface area contributed by atoms with Gasteiger partial charge in [0.25, 0.3) is 0 Å². The molecule has 0 radical (unpaired) electrons. The van der Waals surface area contributed by atoms with E-state index in [4.69, 9.17) is 0 Å². The van der Waals surface area contributed by atoms with E-state index in [1.54, 1.807) is 6.20 Å². The van der Waals surface area contributed by atoms with Crippen molar-refractivity contribution in [1.29, 1.82) is 0 Å². The van der Waals surface area contributed by atoms with E-state index in [1.807, 2.05) is 10.9 Å². The zero-order valence-electron chi connectivity index (χ0n) is 11.7. The van der Waals surface area contributed by atoms with Gasteiger partial charge in [0.05, 0.1) is 17.2 Å². The fraction of sp³-hybridized carbons (Fsp3) is 0.400. The second-order valence-electron chi connectivity index (χ2n) is 5.31. The van der Waals surface area contributed by atoms with Crippen LogP contribution in [0.3, 0.4) is 0 Å².